The molecule has 2 aromatic heterocycles. The average Bonchev–Trinajstić information content (AvgIpc) is 2.86. The van der Waals surface area contributed by atoms with Crippen molar-refractivity contribution in [1.29, 1.82) is 0 Å². The number of hydrazine groups is 1. The topological polar surface area (TPSA) is 76.7 Å². The van der Waals surface area contributed by atoms with Crippen molar-refractivity contribution in [2.45, 2.75) is 18.4 Å². The molecule has 1 aliphatic rings. The van der Waals surface area contributed by atoms with Crippen LogP contribution >= 0.6 is 11.8 Å². The molecule has 0 radical (unpaired) electrons. The number of hydrogen-bond acceptors (Lipinski definition) is 6. The van der Waals surface area contributed by atoms with E-state index < -0.39 is 0 Å². The first-order valence-electron chi connectivity index (χ1n) is 5.65. The smallest absolute Gasteiger partial charge is 0.180 e. The molecule has 0 unspecified atom stereocenters. The number of hydrogen-bond donors (Lipinski definition) is 2. The van der Waals surface area contributed by atoms with Gasteiger partial charge in [0, 0.05) is 23.3 Å². The average molecular weight is 259 g/mol. The summed E-state index contributed by atoms with van der Waals surface area (Å²) in [6.45, 7) is 2.00. The van der Waals surface area contributed by atoms with Crippen molar-refractivity contribution in [3.05, 3.63) is 35.2 Å². The number of thioether (sulfide) groups is 1. The van der Waals surface area contributed by atoms with Crippen LogP contribution in [0.4, 0.5) is 5.82 Å². The van der Waals surface area contributed by atoms with E-state index in [0.717, 1.165) is 34.0 Å². The minimum Gasteiger partial charge on any atom is -0.308 e. The third kappa shape index (κ3) is 1.93. The van der Waals surface area contributed by atoms with Gasteiger partial charge in [-0.05, 0) is 18.6 Å². The van der Waals surface area contributed by atoms with Crippen molar-refractivity contribution in [2.24, 2.45) is 5.84 Å². The lowest BCUT2D eigenvalue weighted by molar-refractivity contribution is 1.04. The van der Waals surface area contributed by atoms with Crippen LogP contribution in [0.25, 0.3) is 11.5 Å². The third-order valence-electron chi connectivity index (χ3n) is 2.86. The van der Waals surface area contributed by atoms with Gasteiger partial charge in [0.05, 0.1) is 5.69 Å². The summed E-state index contributed by atoms with van der Waals surface area (Å²) < 4.78 is 0. The quantitative estimate of drug-likeness (QED) is 0.633. The van der Waals surface area contributed by atoms with E-state index in [9.17, 15) is 0 Å². The van der Waals surface area contributed by atoms with Crippen LogP contribution in [0.3, 0.4) is 0 Å². The van der Waals surface area contributed by atoms with Crippen LogP contribution in [0, 0.1) is 6.92 Å². The van der Waals surface area contributed by atoms with E-state index in [0.29, 0.717) is 11.6 Å². The number of fused-ring (bicyclic) bond motifs is 1. The number of pyridine rings is 1. The van der Waals surface area contributed by atoms with Crippen LogP contribution in [0.5, 0.6) is 0 Å². The highest BCUT2D eigenvalue weighted by Crippen LogP contribution is 2.33. The maximum atomic E-state index is 5.52. The zero-order valence-corrected chi connectivity index (χ0v) is 10.8. The van der Waals surface area contributed by atoms with Crippen molar-refractivity contribution in [3.8, 4) is 11.5 Å². The lowest BCUT2D eigenvalue weighted by atomic mass is 10.2. The zero-order valence-electron chi connectivity index (χ0n) is 9.97. The van der Waals surface area contributed by atoms with Crippen LogP contribution in [0.15, 0.2) is 18.3 Å². The fraction of sp³-hybridized carbons (Fsp3) is 0.250. The van der Waals surface area contributed by atoms with E-state index in [1.807, 2.05) is 37.0 Å². The summed E-state index contributed by atoms with van der Waals surface area (Å²) in [5.74, 6) is 8.68. The largest absolute Gasteiger partial charge is 0.308 e. The van der Waals surface area contributed by atoms with Gasteiger partial charge in [-0.15, -0.1) is 0 Å². The Balaban J connectivity index is 2.10. The molecule has 18 heavy (non-hydrogen) atoms. The Morgan fingerprint density at radius 1 is 1.28 bits per heavy atom. The van der Waals surface area contributed by atoms with Gasteiger partial charge in [0.2, 0.25) is 0 Å². The summed E-state index contributed by atoms with van der Waals surface area (Å²) in [6, 6.07) is 3.93. The van der Waals surface area contributed by atoms with Gasteiger partial charge in [0.1, 0.15) is 11.5 Å². The standard InChI is InChI=1S/C12H13N5S/c1-7-2-3-9(14-4-7)12-15-10-6-18-5-8(10)11(16-12)17-13/h2-4H,5-6,13H2,1H3,(H,15,16,17). The Kier molecular flexibility index (Phi) is 2.89. The number of rotatable bonds is 2. The van der Waals surface area contributed by atoms with Crippen molar-refractivity contribution in [1.82, 2.24) is 15.0 Å². The van der Waals surface area contributed by atoms with Crippen molar-refractivity contribution in [3.63, 3.8) is 0 Å². The summed E-state index contributed by atoms with van der Waals surface area (Å²) >= 11 is 1.82. The number of nitrogen functional groups attached to an aromatic ring is 1. The van der Waals surface area contributed by atoms with Gasteiger partial charge in [-0.2, -0.15) is 11.8 Å². The van der Waals surface area contributed by atoms with E-state index in [-0.39, 0.29) is 0 Å². The molecule has 3 N–H and O–H groups in total. The molecule has 0 aromatic carbocycles. The number of anilines is 1. The molecule has 0 bridgehead atoms. The van der Waals surface area contributed by atoms with Gasteiger partial charge in [-0.25, -0.2) is 15.8 Å². The summed E-state index contributed by atoms with van der Waals surface area (Å²) in [7, 11) is 0. The Hall–Kier alpha value is -1.66. The molecule has 0 amide bonds. The second kappa shape index (κ2) is 4.55. The molecule has 0 atom stereocenters. The van der Waals surface area contributed by atoms with E-state index >= 15 is 0 Å². The molecule has 3 heterocycles. The molecule has 0 spiro atoms. The minimum atomic E-state index is 0.629. The molecule has 5 nitrogen and oxygen atoms in total. The lowest BCUT2D eigenvalue weighted by Gasteiger charge is -2.08. The minimum absolute atomic E-state index is 0.629. The first-order valence-corrected chi connectivity index (χ1v) is 6.80. The monoisotopic (exact) mass is 259 g/mol. The molecule has 2 aromatic rings. The van der Waals surface area contributed by atoms with Gasteiger partial charge in [-0.1, -0.05) is 6.07 Å². The molecule has 1 aliphatic heterocycles. The number of nitrogens with two attached hydrogens (primary N) is 1. The Labute approximate surface area is 109 Å². The van der Waals surface area contributed by atoms with Crippen LogP contribution in [-0.2, 0) is 11.5 Å². The fourth-order valence-corrected chi connectivity index (χ4v) is 2.93. The molecule has 92 valence electrons. The summed E-state index contributed by atoms with van der Waals surface area (Å²) in [5, 5.41) is 0. The first kappa shape index (κ1) is 11.4. The van der Waals surface area contributed by atoms with E-state index in [2.05, 4.69) is 20.4 Å². The number of nitrogens with zero attached hydrogens (tertiary/aromatic N) is 3. The highest BCUT2D eigenvalue weighted by molar-refractivity contribution is 7.98. The third-order valence-corrected chi connectivity index (χ3v) is 3.83. The van der Waals surface area contributed by atoms with E-state index in [4.69, 9.17) is 5.84 Å². The van der Waals surface area contributed by atoms with E-state index in [1.165, 1.54) is 0 Å². The molecular formula is C12H13N5S. The van der Waals surface area contributed by atoms with Gasteiger partial charge in [0.15, 0.2) is 5.82 Å². The molecule has 0 aliphatic carbocycles. The van der Waals surface area contributed by atoms with Gasteiger partial charge < -0.3 is 5.43 Å². The second-order valence-corrected chi connectivity index (χ2v) is 5.16. The van der Waals surface area contributed by atoms with E-state index in [1.54, 1.807) is 0 Å². The summed E-state index contributed by atoms with van der Waals surface area (Å²) in [4.78, 5) is 13.4. The van der Waals surface area contributed by atoms with Gasteiger partial charge in [-0.3, -0.25) is 4.98 Å². The van der Waals surface area contributed by atoms with Crippen LogP contribution in [0.2, 0.25) is 0 Å². The number of aromatic nitrogens is 3. The van der Waals surface area contributed by atoms with Crippen molar-refractivity contribution in [2.75, 3.05) is 5.43 Å². The van der Waals surface area contributed by atoms with Gasteiger partial charge in [0.25, 0.3) is 0 Å². The normalized spacial score (nSPS) is 13.4. The molecular weight excluding hydrogens is 246 g/mol. The highest BCUT2D eigenvalue weighted by Gasteiger charge is 2.20. The van der Waals surface area contributed by atoms with Crippen molar-refractivity contribution < 1.29 is 0 Å². The lowest BCUT2D eigenvalue weighted by Crippen LogP contribution is -2.13. The fourth-order valence-electron chi connectivity index (χ4n) is 1.89. The maximum absolute atomic E-state index is 5.52. The zero-order chi connectivity index (χ0) is 12.5. The first-order chi connectivity index (χ1) is 8.78. The Morgan fingerprint density at radius 3 is 2.89 bits per heavy atom. The predicted octanol–water partition coefficient (Wildman–Crippen LogP) is 1.88. The summed E-state index contributed by atoms with van der Waals surface area (Å²) in [5.41, 5.74) is 6.72. The van der Waals surface area contributed by atoms with Crippen LogP contribution in [0.1, 0.15) is 16.8 Å². The predicted molar refractivity (Wildman–Crippen MR) is 72.8 cm³/mol. The maximum Gasteiger partial charge on any atom is 0.180 e. The number of aryl methyl sites for hydroxylation is 1. The molecule has 3 rings (SSSR count). The molecule has 6 heteroatoms. The molecule has 0 saturated carbocycles. The number of nitrogens with one attached hydrogen (secondary N) is 1. The van der Waals surface area contributed by atoms with Gasteiger partial charge >= 0.3 is 0 Å². The highest BCUT2D eigenvalue weighted by atomic mass is 32.2. The second-order valence-electron chi connectivity index (χ2n) is 4.18. The molecule has 0 fully saturated rings. The SMILES string of the molecule is Cc1ccc(-c2nc3c(c(NN)n2)CSC3)nc1. The molecule has 0 saturated heterocycles. The van der Waals surface area contributed by atoms with Crippen molar-refractivity contribution >= 4 is 17.6 Å². The summed E-state index contributed by atoms with van der Waals surface area (Å²) in [6.07, 6.45) is 1.82. The Morgan fingerprint density at radius 2 is 2.17 bits per heavy atom. The Bertz CT molecular complexity index is 582. The van der Waals surface area contributed by atoms with Crippen LogP contribution < -0.4 is 11.3 Å². The van der Waals surface area contributed by atoms with Crippen LogP contribution in [-0.4, -0.2) is 15.0 Å².